The monoisotopic (exact) mass is 240 g/mol. The molecule has 0 aromatic heterocycles. The summed E-state index contributed by atoms with van der Waals surface area (Å²) in [5, 5.41) is 17.2. The van der Waals surface area contributed by atoms with Crippen LogP contribution in [0.15, 0.2) is 0 Å². The van der Waals surface area contributed by atoms with Crippen molar-refractivity contribution < 1.29 is 5.11 Å². The van der Waals surface area contributed by atoms with Crippen molar-refractivity contribution in [1.29, 1.82) is 0 Å². The molecule has 3 N–H and O–H groups in total. The van der Waals surface area contributed by atoms with E-state index in [9.17, 15) is 5.11 Å². The molecule has 4 atom stereocenters. The summed E-state index contributed by atoms with van der Waals surface area (Å²) in [4.78, 5) is 0. The van der Waals surface area contributed by atoms with Gasteiger partial charge in [0.1, 0.15) is 0 Å². The zero-order valence-electron chi connectivity index (χ0n) is 11.1. The number of hydrogen-bond donors (Lipinski definition) is 3. The summed E-state index contributed by atoms with van der Waals surface area (Å²) in [6, 6.07) is 1.54. The van der Waals surface area contributed by atoms with Crippen LogP contribution < -0.4 is 10.6 Å². The molecular formula is C14H28N2O. The highest BCUT2D eigenvalue weighted by molar-refractivity contribution is 4.84. The van der Waals surface area contributed by atoms with Crippen LogP contribution in [0.3, 0.4) is 0 Å². The van der Waals surface area contributed by atoms with Crippen molar-refractivity contribution in [1.82, 2.24) is 10.6 Å². The molecule has 0 spiro atoms. The minimum absolute atomic E-state index is 0.120. The maximum Gasteiger partial charge on any atom is 0.0693 e. The van der Waals surface area contributed by atoms with E-state index in [-0.39, 0.29) is 6.10 Å². The Morgan fingerprint density at radius 1 is 1.18 bits per heavy atom. The minimum atomic E-state index is -0.120. The average molecular weight is 240 g/mol. The van der Waals surface area contributed by atoms with E-state index < -0.39 is 0 Å². The van der Waals surface area contributed by atoms with E-state index in [1.807, 2.05) is 0 Å². The number of nitrogens with one attached hydrogen (secondary N) is 2. The first-order valence-corrected chi connectivity index (χ1v) is 7.43. The molecule has 0 amide bonds. The first kappa shape index (κ1) is 13.3. The Balaban J connectivity index is 1.70. The molecule has 4 unspecified atom stereocenters. The van der Waals surface area contributed by atoms with Crippen molar-refractivity contribution in [3.05, 3.63) is 0 Å². The second-order valence-corrected chi connectivity index (χ2v) is 5.91. The average Bonchev–Trinajstić information content (AvgIpc) is 2.33. The van der Waals surface area contributed by atoms with Gasteiger partial charge in [-0.1, -0.05) is 19.3 Å². The molecule has 3 nitrogen and oxygen atoms in total. The number of hydrogen-bond acceptors (Lipinski definition) is 3. The second kappa shape index (κ2) is 6.72. The van der Waals surface area contributed by atoms with E-state index >= 15 is 0 Å². The summed E-state index contributed by atoms with van der Waals surface area (Å²) in [7, 11) is 0. The van der Waals surface area contributed by atoms with Gasteiger partial charge in [-0.2, -0.15) is 0 Å². The first-order chi connectivity index (χ1) is 8.25. The molecule has 1 aliphatic carbocycles. The lowest BCUT2D eigenvalue weighted by Gasteiger charge is -2.33. The number of piperidine rings is 1. The highest BCUT2D eigenvalue weighted by atomic mass is 16.3. The molecule has 0 aromatic rings. The van der Waals surface area contributed by atoms with Crippen LogP contribution >= 0.6 is 0 Å². The maximum absolute atomic E-state index is 9.95. The number of aliphatic hydroxyl groups excluding tert-OH is 1. The van der Waals surface area contributed by atoms with E-state index in [0.29, 0.717) is 18.1 Å². The Kier molecular flexibility index (Phi) is 5.26. The largest absolute Gasteiger partial charge is 0.392 e. The van der Waals surface area contributed by atoms with Crippen molar-refractivity contribution in [3.63, 3.8) is 0 Å². The van der Waals surface area contributed by atoms with Crippen LogP contribution in [0.4, 0.5) is 0 Å². The Hall–Kier alpha value is -0.120. The van der Waals surface area contributed by atoms with Gasteiger partial charge < -0.3 is 15.7 Å². The molecule has 0 radical (unpaired) electrons. The maximum atomic E-state index is 9.95. The second-order valence-electron chi connectivity index (χ2n) is 5.91. The highest BCUT2D eigenvalue weighted by Gasteiger charge is 2.25. The summed E-state index contributed by atoms with van der Waals surface area (Å²) < 4.78 is 0. The van der Waals surface area contributed by atoms with Gasteiger partial charge in [-0.05, 0) is 45.6 Å². The lowest BCUT2D eigenvalue weighted by atomic mass is 9.91. The van der Waals surface area contributed by atoms with Gasteiger partial charge in [0.25, 0.3) is 0 Å². The van der Waals surface area contributed by atoms with Crippen LogP contribution in [-0.2, 0) is 0 Å². The predicted molar refractivity (Wildman–Crippen MR) is 71.1 cm³/mol. The van der Waals surface area contributed by atoms with Crippen molar-refractivity contribution >= 4 is 0 Å². The molecule has 1 aliphatic heterocycles. The van der Waals surface area contributed by atoms with Crippen LogP contribution in [0, 0.1) is 0 Å². The third-order valence-electron chi connectivity index (χ3n) is 4.28. The summed E-state index contributed by atoms with van der Waals surface area (Å²) in [6.07, 6.45) is 9.68. The molecule has 100 valence electrons. The van der Waals surface area contributed by atoms with Crippen LogP contribution in [0.2, 0.25) is 0 Å². The van der Waals surface area contributed by atoms with Gasteiger partial charge in [0.15, 0.2) is 0 Å². The van der Waals surface area contributed by atoms with Crippen molar-refractivity contribution in [2.45, 2.75) is 82.5 Å². The first-order valence-electron chi connectivity index (χ1n) is 7.43. The van der Waals surface area contributed by atoms with E-state index in [1.165, 1.54) is 45.1 Å². The topological polar surface area (TPSA) is 44.3 Å². The molecule has 0 aromatic carbocycles. The van der Waals surface area contributed by atoms with E-state index in [4.69, 9.17) is 0 Å². The molecule has 2 aliphatic rings. The van der Waals surface area contributed by atoms with Gasteiger partial charge in [0, 0.05) is 18.1 Å². The van der Waals surface area contributed by atoms with Gasteiger partial charge in [-0.15, -0.1) is 0 Å². The van der Waals surface area contributed by atoms with Gasteiger partial charge >= 0.3 is 0 Å². The van der Waals surface area contributed by atoms with Crippen molar-refractivity contribution in [2.24, 2.45) is 0 Å². The third-order valence-corrected chi connectivity index (χ3v) is 4.28. The summed E-state index contributed by atoms with van der Waals surface area (Å²) >= 11 is 0. The third kappa shape index (κ3) is 4.23. The van der Waals surface area contributed by atoms with Crippen LogP contribution in [-0.4, -0.2) is 35.9 Å². The Morgan fingerprint density at radius 3 is 2.65 bits per heavy atom. The smallest absolute Gasteiger partial charge is 0.0693 e. The number of rotatable bonds is 4. The Bertz CT molecular complexity index is 216. The molecule has 17 heavy (non-hydrogen) atoms. The fourth-order valence-corrected chi connectivity index (χ4v) is 3.29. The van der Waals surface area contributed by atoms with Gasteiger partial charge in [0.05, 0.1) is 6.10 Å². The molecule has 0 bridgehead atoms. The molecule has 2 rings (SSSR count). The van der Waals surface area contributed by atoms with Gasteiger partial charge in [-0.3, -0.25) is 0 Å². The molecule has 3 heteroatoms. The Morgan fingerprint density at radius 2 is 1.94 bits per heavy atom. The zero-order chi connectivity index (χ0) is 12.1. The normalized spacial score (nSPS) is 36.7. The SMILES string of the molecule is CC(CC1CCCCN1)NC1CCCCC1O. The summed E-state index contributed by atoms with van der Waals surface area (Å²) in [5.41, 5.74) is 0. The van der Waals surface area contributed by atoms with Crippen LogP contribution in [0.1, 0.15) is 58.3 Å². The summed E-state index contributed by atoms with van der Waals surface area (Å²) in [5.74, 6) is 0. The lowest BCUT2D eigenvalue weighted by Crippen LogP contribution is -2.48. The molecule has 1 heterocycles. The van der Waals surface area contributed by atoms with E-state index in [2.05, 4.69) is 17.6 Å². The van der Waals surface area contributed by atoms with Gasteiger partial charge in [0.2, 0.25) is 0 Å². The van der Waals surface area contributed by atoms with Crippen molar-refractivity contribution in [3.8, 4) is 0 Å². The van der Waals surface area contributed by atoms with Crippen LogP contribution in [0.5, 0.6) is 0 Å². The van der Waals surface area contributed by atoms with E-state index in [0.717, 1.165) is 12.8 Å². The van der Waals surface area contributed by atoms with E-state index in [1.54, 1.807) is 0 Å². The standard InChI is InChI=1S/C14H28N2O/c1-11(10-12-6-4-5-9-15-12)16-13-7-2-3-8-14(13)17/h11-17H,2-10H2,1H3. The lowest BCUT2D eigenvalue weighted by molar-refractivity contribution is 0.0842. The minimum Gasteiger partial charge on any atom is -0.392 e. The fraction of sp³-hybridized carbons (Fsp3) is 1.00. The van der Waals surface area contributed by atoms with Crippen LogP contribution in [0.25, 0.3) is 0 Å². The number of aliphatic hydroxyl groups is 1. The quantitative estimate of drug-likeness (QED) is 0.702. The molecule has 2 fully saturated rings. The zero-order valence-corrected chi connectivity index (χ0v) is 11.1. The van der Waals surface area contributed by atoms with Gasteiger partial charge in [-0.25, -0.2) is 0 Å². The Labute approximate surface area is 105 Å². The molecule has 1 saturated carbocycles. The van der Waals surface area contributed by atoms with Crippen molar-refractivity contribution in [2.75, 3.05) is 6.54 Å². The molecule has 1 saturated heterocycles. The predicted octanol–water partition coefficient (Wildman–Crippen LogP) is 1.80. The summed E-state index contributed by atoms with van der Waals surface area (Å²) in [6.45, 7) is 3.45. The fourth-order valence-electron chi connectivity index (χ4n) is 3.29. The molecular weight excluding hydrogens is 212 g/mol. The highest BCUT2D eigenvalue weighted by Crippen LogP contribution is 2.20.